The number of hydrogen-bond donors (Lipinski definition) is 1. The Hall–Kier alpha value is 0.110. The lowest BCUT2D eigenvalue weighted by molar-refractivity contribution is -0.188. The third-order valence-corrected chi connectivity index (χ3v) is 4.33. The highest BCUT2D eigenvalue weighted by molar-refractivity contribution is 9.09. The highest BCUT2D eigenvalue weighted by Gasteiger charge is 2.43. The molecule has 0 saturated heterocycles. The first-order chi connectivity index (χ1) is 9.88. The molecule has 0 bridgehead atoms. The van der Waals surface area contributed by atoms with Gasteiger partial charge < -0.3 is 15.2 Å². The number of halogens is 4. The maximum absolute atomic E-state index is 12.9. The summed E-state index contributed by atoms with van der Waals surface area (Å²) in [6.45, 7) is 1.37. The maximum atomic E-state index is 12.9. The number of ether oxygens (including phenoxy) is 2. The minimum Gasteiger partial charge on any atom is -0.383 e. The van der Waals surface area contributed by atoms with E-state index in [1.165, 1.54) is 0 Å². The van der Waals surface area contributed by atoms with Crippen molar-refractivity contribution in [2.45, 2.75) is 42.7 Å². The molecule has 0 aromatic heterocycles. The van der Waals surface area contributed by atoms with E-state index >= 15 is 0 Å². The quantitative estimate of drug-likeness (QED) is 0.522. The van der Waals surface area contributed by atoms with E-state index in [0.29, 0.717) is 19.6 Å². The highest BCUT2D eigenvalue weighted by atomic mass is 79.9. The molecule has 1 aliphatic carbocycles. The van der Waals surface area contributed by atoms with Crippen LogP contribution in [-0.2, 0) is 9.47 Å². The van der Waals surface area contributed by atoms with Crippen molar-refractivity contribution in [1.29, 1.82) is 0 Å². The Balaban J connectivity index is 2.63. The number of rotatable bonds is 8. The molecule has 4 nitrogen and oxygen atoms in total. The Morgan fingerprint density at radius 2 is 2.10 bits per heavy atom. The summed E-state index contributed by atoms with van der Waals surface area (Å²) >= 11 is 3.48. The predicted octanol–water partition coefficient (Wildman–Crippen LogP) is 2.71. The van der Waals surface area contributed by atoms with Crippen molar-refractivity contribution in [1.82, 2.24) is 4.90 Å². The number of nitrogens with zero attached hydrogens (tertiary/aromatic N) is 1. The lowest BCUT2D eigenvalue weighted by Gasteiger charge is -2.38. The standard InChI is InChI=1S/C13H24BrF3N2O2/c1-20-7-11(14)6-19(9-21-8-18)12-4-2-3-10(5-12)13(15,16)17/h10-12H,2-9,18H2,1H3. The largest absolute Gasteiger partial charge is 0.391 e. The van der Waals surface area contributed by atoms with Gasteiger partial charge in [-0.25, -0.2) is 0 Å². The summed E-state index contributed by atoms with van der Waals surface area (Å²) in [5, 5.41) is 0. The lowest BCUT2D eigenvalue weighted by atomic mass is 9.84. The van der Waals surface area contributed by atoms with Crippen LogP contribution in [-0.4, -0.2) is 55.7 Å². The van der Waals surface area contributed by atoms with Crippen LogP contribution in [0.15, 0.2) is 0 Å². The summed E-state index contributed by atoms with van der Waals surface area (Å²) in [6, 6.07) is -0.131. The van der Waals surface area contributed by atoms with Crippen LogP contribution in [0, 0.1) is 5.92 Å². The molecule has 0 aromatic carbocycles. The minimum atomic E-state index is -4.11. The van der Waals surface area contributed by atoms with Crippen LogP contribution in [0.25, 0.3) is 0 Å². The van der Waals surface area contributed by atoms with Gasteiger partial charge in [0.05, 0.1) is 24.1 Å². The average Bonchev–Trinajstić information content (AvgIpc) is 2.43. The van der Waals surface area contributed by atoms with Crippen LogP contribution in [0.5, 0.6) is 0 Å². The molecule has 3 atom stereocenters. The van der Waals surface area contributed by atoms with E-state index in [0.717, 1.165) is 6.42 Å². The summed E-state index contributed by atoms with van der Waals surface area (Å²) in [5.74, 6) is -1.21. The average molecular weight is 377 g/mol. The first-order valence-electron chi connectivity index (χ1n) is 7.10. The van der Waals surface area contributed by atoms with E-state index < -0.39 is 12.1 Å². The number of methoxy groups -OCH3 is 1. The molecule has 21 heavy (non-hydrogen) atoms. The van der Waals surface area contributed by atoms with Crippen LogP contribution >= 0.6 is 15.9 Å². The number of nitrogens with two attached hydrogens (primary N) is 1. The molecular weight excluding hydrogens is 353 g/mol. The van der Waals surface area contributed by atoms with Gasteiger partial charge in [-0.15, -0.1) is 0 Å². The predicted molar refractivity (Wildman–Crippen MR) is 78.1 cm³/mol. The molecule has 1 fully saturated rings. The summed E-state index contributed by atoms with van der Waals surface area (Å²) in [7, 11) is 1.59. The maximum Gasteiger partial charge on any atom is 0.391 e. The second-order valence-corrected chi connectivity index (χ2v) is 6.68. The molecule has 0 aromatic rings. The van der Waals surface area contributed by atoms with E-state index in [1.807, 2.05) is 4.90 Å². The summed E-state index contributed by atoms with van der Waals surface area (Å²) in [6.07, 6.45) is -2.41. The zero-order chi connectivity index (χ0) is 15.9. The zero-order valence-electron chi connectivity index (χ0n) is 12.2. The normalized spacial score (nSPS) is 25.3. The fraction of sp³-hybridized carbons (Fsp3) is 1.00. The first-order valence-corrected chi connectivity index (χ1v) is 8.01. The SMILES string of the molecule is COCC(Br)CN(COCN)C1CCCC(C(F)(F)F)C1. The van der Waals surface area contributed by atoms with Crippen LogP contribution < -0.4 is 5.73 Å². The fourth-order valence-corrected chi connectivity index (χ4v) is 3.39. The third-order valence-electron chi connectivity index (χ3n) is 3.78. The molecular formula is C13H24BrF3N2O2. The van der Waals surface area contributed by atoms with E-state index in [9.17, 15) is 13.2 Å². The monoisotopic (exact) mass is 376 g/mol. The molecule has 1 aliphatic rings. The second-order valence-electron chi connectivity index (χ2n) is 5.38. The van der Waals surface area contributed by atoms with Gasteiger partial charge in [-0.1, -0.05) is 22.4 Å². The van der Waals surface area contributed by atoms with Gasteiger partial charge in [0.2, 0.25) is 0 Å². The molecule has 126 valence electrons. The van der Waals surface area contributed by atoms with Crippen molar-refractivity contribution >= 4 is 15.9 Å². The Morgan fingerprint density at radius 3 is 2.67 bits per heavy atom. The lowest BCUT2D eigenvalue weighted by Crippen LogP contribution is -2.46. The molecule has 1 saturated carbocycles. The van der Waals surface area contributed by atoms with Crippen molar-refractivity contribution in [2.24, 2.45) is 11.7 Å². The van der Waals surface area contributed by atoms with E-state index in [-0.39, 0.29) is 37.2 Å². The summed E-state index contributed by atoms with van der Waals surface area (Å²) in [5.41, 5.74) is 5.33. The van der Waals surface area contributed by atoms with Gasteiger partial charge in [-0.3, -0.25) is 4.90 Å². The molecule has 0 heterocycles. The summed E-state index contributed by atoms with van der Waals surface area (Å²) in [4.78, 5) is 1.98. The van der Waals surface area contributed by atoms with E-state index in [2.05, 4.69) is 15.9 Å². The second kappa shape index (κ2) is 9.29. The molecule has 0 radical (unpaired) electrons. The van der Waals surface area contributed by atoms with Gasteiger partial charge in [-0.2, -0.15) is 13.2 Å². The molecule has 0 aliphatic heterocycles. The van der Waals surface area contributed by atoms with Crippen LogP contribution in [0.1, 0.15) is 25.7 Å². The van der Waals surface area contributed by atoms with Crippen molar-refractivity contribution in [2.75, 3.05) is 33.7 Å². The Labute approximate surface area is 132 Å². The molecule has 3 unspecified atom stereocenters. The van der Waals surface area contributed by atoms with Crippen LogP contribution in [0.4, 0.5) is 13.2 Å². The third kappa shape index (κ3) is 6.81. The Morgan fingerprint density at radius 1 is 1.38 bits per heavy atom. The van der Waals surface area contributed by atoms with E-state index in [1.54, 1.807) is 7.11 Å². The topological polar surface area (TPSA) is 47.7 Å². The minimum absolute atomic E-state index is 0.0511. The first kappa shape index (κ1) is 19.2. The van der Waals surface area contributed by atoms with Crippen molar-refractivity contribution in [3.8, 4) is 0 Å². The Kier molecular flexibility index (Phi) is 8.48. The van der Waals surface area contributed by atoms with Crippen molar-refractivity contribution < 1.29 is 22.6 Å². The number of alkyl halides is 4. The molecule has 2 N–H and O–H groups in total. The summed E-state index contributed by atoms with van der Waals surface area (Å²) < 4.78 is 49.0. The zero-order valence-corrected chi connectivity index (χ0v) is 13.8. The van der Waals surface area contributed by atoms with Gasteiger partial charge >= 0.3 is 6.18 Å². The van der Waals surface area contributed by atoms with E-state index in [4.69, 9.17) is 15.2 Å². The Bertz CT molecular complexity index is 295. The van der Waals surface area contributed by atoms with Gasteiger partial charge in [0.1, 0.15) is 6.73 Å². The molecule has 8 heteroatoms. The van der Waals surface area contributed by atoms with Gasteiger partial charge in [-0.05, 0) is 19.3 Å². The van der Waals surface area contributed by atoms with Gasteiger partial charge in [0, 0.05) is 19.7 Å². The number of hydrogen-bond acceptors (Lipinski definition) is 4. The van der Waals surface area contributed by atoms with Gasteiger partial charge in [0.15, 0.2) is 0 Å². The van der Waals surface area contributed by atoms with Gasteiger partial charge in [0.25, 0.3) is 0 Å². The van der Waals surface area contributed by atoms with Crippen molar-refractivity contribution in [3.63, 3.8) is 0 Å². The molecule has 0 amide bonds. The van der Waals surface area contributed by atoms with Crippen LogP contribution in [0.2, 0.25) is 0 Å². The van der Waals surface area contributed by atoms with Crippen molar-refractivity contribution in [3.05, 3.63) is 0 Å². The molecule has 1 rings (SSSR count). The molecule has 0 spiro atoms. The fourth-order valence-electron chi connectivity index (χ4n) is 2.76. The smallest absolute Gasteiger partial charge is 0.383 e. The van der Waals surface area contributed by atoms with Crippen LogP contribution in [0.3, 0.4) is 0 Å². The highest BCUT2D eigenvalue weighted by Crippen LogP contribution is 2.39.